The Morgan fingerprint density at radius 1 is 1.39 bits per heavy atom. The van der Waals surface area contributed by atoms with E-state index in [-0.39, 0.29) is 5.97 Å². The maximum atomic E-state index is 11.3. The van der Waals surface area contributed by atoms with Crippen LogP contribution in [0.15, 0.2) is 30.7 Å². The fourth-order valence-corrected chi connectivity index (χ4v) is 1.52. The van der Waals surface area contributed by atoms with Crippen LogP contribution in [0.5, 0.6) is 0 Å². The number of pyridine rings is 1. The molecular formula is C12H14N4O2. The van der Waals surface area contributed by atoms with Gasteiger partial charge in [-0.25, -0.2) is 9.78 Å². The number of methoxy groups -OCH3 is 1. The van der Waals surface area contributed by atoms with Crippen LogP contribution in [0.1, 0.15) is 21.9 Å². The third kappa shape index (κ3) is 3.14. The van der Waals surface area contributed by atoms with E-state index in [9.17, 15) is 4.79 Å². The number of esters is 1. The Morgan fingerprint density at radius 2 is 2.28 bits per heavy atom. The first-order chi connectivity index (χ1) is 8.79. The van der Waals surface area contributed by atoms with Gasteiger partial charge in [0.05, 0.1) is 24.9 Å². The van der Waals surface area contributed by atoms with Gasteiger partial charge < -0.3 is 15.0 Å². The maximum Gasteiger partial charge on any atom is 0.337 e. The minimum Gasteiger partial charge on any atom is -0.465 e. The first kappa shape index (κ1) is 12.3. The normalized spacial score (nSPS) is 10.3. The summed E-state index contributed by atoms with van der Waals surface area (Å²) in [7, 11) is 1.36. The lowest BCUT2D eigenvalue weighted by molar-refractivity contribution is 0.0600. The number of rotatable bonds is 5. The Labute approximate surface area is 104 Å². The van der Waals surface area contributed by atoms with Crippen LogP contribution in [-0.4, -0.2) is 28.0 Å². The van der Waals surface area contributed by atoms with Crippen LogP contribution in [-0.2, 0) is 17.8 Å². The number of hydrogen-bond donors (Lipinski definition) is 2. The molecule has 6 heteroatoms. The topological polar surface area (TPSA) is 79.9 Å². The number of nitrogens with one attached hydrogen (secondary N) is 2. The molecule has 2 aromatic rings. The maximum absolute atomic E-state index is 11.3. The number of H-pyrrole nitrogens is 1. The molecule has 0 aliphatic heterocycles. The summed E-state index contributed by atoms with van der Waals surface area (Å²) in [6, 6.07) is 3.34. The van der Waals surface area contributed by atoms with E-state index >= 15 is 0 Å². The molecule has 18 heavy (non-hydrogen) atoms. The zero-order valence-corrected chi connectivity index (χ0v) is 10.0. The highest BCUT2D eigenvalue weighted by atomic mass is 16.5. The van der Waals surface area contributed by atoms with Crippen LogP contribution >= 0.6 is 0 Å². The average Bonchev–Trinajstić information content (AvgIpc) is 2.91. The van der Waals surface area contributed by atoms with Crippen molar-refractivity contribution in [2.75, 3.05) is 7.11 Å². The molecule has 0 fully saturated rings. The molecule has 0 amide bonds. The first-order valence-corrected chi connectivity index (χ1v) is 5.52. The second-order valence-electron chi connectivity index (χ2n) is 3.67. The third-order valence-corrected chi connectivity index (χ3v) is 2.39. The Kier molecular flexibility index (Phi) is 4.03. The van der Waals surface area contributed by atoms with E-state index in [1.165, 1.54) is 7.11 Å². The highest BCUT2D eigenvalue weighted by Crippen LogP contribution is 2.03. The lowest BCUT2D eigenvalue weighted by Crippen LogP contribution is -2.15. The lowest BCUT2D eigenvalue weighted by atomic mass is 10.2. The Hall–Kier alpha value is -2.21. The summed E-state index contributed by atoms with van der Waals surface area (Å²) in [5.74, 6) is 0.504. The fourth-order valence-electron chi connectivity index (χ4n) is 1.52. The molecule has 0 aliphatic carbocycles. The van der Waals surface area contributed by atoms with Crippen molar-refractivity contribution in [2.45, 2.75) is 13.1 Å². The van der Waals surface area contributed by atoms with Gasteiger partial charge in [-0.05, 0) is 12.1 Å². The Morgan fingerprint density at radius 3 is 3.00 bits per heavy atom. The molecular weight excluding hydrogens is 232 g/mol. The van der Waals surface area contributed by atoms with Crippen molar-refractivity contribution >= 4 is 5.97 Å². The van der Waals surface area contributed by atoms with Crippen molar-refractivity contribution < 1.29 is 9.53 Å². The molecule has 2 aromatic heterocycles. The third-order valence-electron chi connectivity index (χ3n) is 2.39. The molecule has 0 radical (unpaired) electrons. The molecule has 2 rings (SSSR count). The van der Waals surface area contributed by atoms with Crippen molar-refractivity contribution in [3.63, 3.8) is 0 Å². The molecule has 0 aromatic carbocycles. The fraction of sp³-hybridized carbons (Fsp3) is 0.250. The van der Waals surface area contributed by atoms with Gasteiger partial charge in [0.15, 0.2) is 0 Å². The van der Waals surface area contributed by atoms with Crippen molar-refractivity contribution in [1.29, 1.82) is 0 Å². The summed E-state index contributed by atoms with van der Waals surface area (Å²) >= 11 is 0. The standard InChI is InChI=1S/C12H14N4O2/c1-18-12(17)9-2-3-14-10(6-9)7-13-8-11-15-4-5-16-11/h2-6,13H,7-8H2,1H3,(H,15,16). The van der Waals surface area contributed by atoms with E-state index in [0.717, 1.165) is 11.5 Å². The van der Waals surface area contributed by atoms with Crippen molar-refractivity contribution in [2.24, 2.45) is 0 Å². The molecule has 0 saturated heterocycles. The summed E-state index contributed by atoms with van der Waals surface area (Å²) in [6.45, 7) is 1.18. The highest BCUT2D eigenvalue weighted by molar-refractivity contribution is 5.89. The van der Waals surface area contributed by atoms with E-state index in [4.69, 9.17) is 0 Å². The predicted octanol–water partition coefficient (Wildman–Crippen LogP) is 0.881. The molecule has 6 nitrogen and oxygen atoms in total. The number of aromatic nitrogens is 3. The van der Waals surface area contributed by atoms with E-state index in [0.29, 0.717) is 18.7 Å². The molecule has 94 valence electrons. The number of carbonyl (C=O) groups excluding carboxylic acids is 1. The molecule has 0 bridgehead atoms. The van der Waals surface area contributed by atoms with Gasteiger partial charge in [-0.2, -0.15) is 0 Å². The largest absolute Gasteiger partial charge is 0.465 e. The van der Waals surface area contributed by atoms with Gasteiger partial charge in [-0.3, -0.25) is 4.98 Å². The molecule has 2 heterocycles. The van der Waals surface area contributed by atoms with E-state index < -0.39 is 0 Å². The van der Waals surface area contributed by atoms with E-state index in [1.807, 2.05) is 0 Å². The van der Waals surface area contributed by atoms with Gasteiger partial charge >= 0.3 is 5.97 Å². The molecule has 0 unspecified atom stereocenters. The van der Waals surface area contributed by atoms with Gasteiger partial charge in [0, 0.05) is 25.1 Å². The van der Waals surface area contributed by atoms with Gasteiger partial charge in [-0.1, -0.05) is 0 Å². The summed E-state index contributed by atoms with van der Waals surface area (Å²) in [4.78, 5) is 22.6. The second kappa shape index (κ2) is 5.92. The minimum atomic E-state index is -0.357. The average molecular weight is 246 g/mol. The highest BCUT2D eigenvalue weighted by Gasteiger charge is 2.06. The Balaban J connectivity index is 1.91. The zero-order valence-electron chi connectivity index (χ0n) is 10.0. The van der Waals surface area contributed by atoms with Crippen LogP contribution in [0.3, 0.4) is 0 Å². The van der Waals surface area contributed by atoms with Gasteiger partial charge in [0.1, 0.15) is 5.82 Å². The number of nitrogens with zero attached hydrogens (tertiary/aromatic N) is 2. The minimum absolute atomic E-state index is 0.357. The SMILES string of the molecule is COC(=O)c1ccnc(CNCc2ncc[nH]2)c1. The number of hydrogen-bond acceptors (Lipinski definition) is 5. The smallest absolute Gasteiger partial charge is 0.337 e. The summed E-state index contributed by atoms with van der Waals surface area (Å²) < 4.78 is 4.65. The Bertz CT molecular complexity index is 511. The molecule has 0 saturated carbocycles. The van der Waals surface area contributed by atoms with Gasteiger partial charge in [0.2, 0.25) is 0 Å². The zero-order chi connectivity index (χ0) is 12.8. The monoisotopic (exact) mass is 246 g/mol. The van der Waals surface area contributed by atoms with Crippen LogP contribution in [0, 0.1) is 0 Å². The quantitative estimate of drug-likeness (QED) is 0.765. The second-order valence-corrected chi connectivity index (χ2v) is 3.67. The number of aromatic amines is 1. The summed E-state index contributed by atoms with van der Waals surface area (Å²) in [5, 5.41) is 3.18. The van der Waals surface area contributed by atoms with Crippen molar-refractivity contribution in [3.8, 4) is 0 Å². The first-order valence-electron chi connectivity index (χ1n) is 5.52. The molecule has 0 atom stereocenters. The van der Waals surface area contributed by atoms with Crippen LogP contribution in [0.25, 0.3) is 0 Å². The lowest BCUT2D eigenvalue weighted by Gasteiger charge is -2.04. The van der Waals surface area contributed by atoms with Crippen LogP contribution in [0.4, 0.5) is 0 Å². The van der Waals surface area contributed by atoms with Crippen molar-refractivity contribution in [3.05, 3.63) is 47.8 Å². The van der Waals surface area contributed by atoms with Gasteiger partial charge in [0.25, 0.3) is 0 Å². The van der Waals surface area contributed by atoms with Crippen molar-refractivity contribution in [1.82, 2.24) is 20.3 Å². The number of carbonyl (C=O) groups is 1. The predicted molar refractivity (Wildman–Crippen MR) is 64.7 cm³/mol. The molecule has 2 N–H and O–H groups in total. The number of imidazole rings is 1. The summed E-state index contributed by atoms with van der Waals surface area (Å²) in [5.41, 5.74) is 1.28. The molecule has 0 aliphatic rings. The summed E-state index contributed by atoms with van der Waals surface area (Å²) in [6.07, 6.45) is 5.07. The van der Waals surface area contributed by atoms with E-state index in [1.54, 1.807) is 30.7 Å². The van der Waals surface area contributed by atoms with E-state index in [2.05, 4.69) is 25.0 Å². The van der Waals surface area contributed by atoms with Gasteiger partial charge in [-0.15, -0.1) is 0 Å². The molecule has 0 spiro atoms. The van der Waals surface area contributed by atoms with Crippen LogP contribution in [0.2, 0.25) is 0 Å². The number of ether oxygens (including phenoxy) is 1. The van der Waals surface area contributed by atoms with Crippen LogP contribution < -0.4 is 5.32 Å².